The lowest BCUT2D eigenvalue weighted by Crippen LogP contribution is -2.16. The van der Waals surface area contributed by atoms with E-state index in [-0.39, 0.29) is 12.1 Å². The molecule has 0 aliphatic rings. The Balaban J connectivity index is 2.31. The first-order valence-corrected chi connectivity index (χ1v) is 4.79. The molecule has 0 spiro atoms. The second-order valence-electron chi connectivity index (χ2n) is 3.44. The maximum Gasteiger partial charge on any atom is 0.341 e. The van der Waals surface area contributed by atoms with Gasteiger partial charge < -0.3 is 14.2 Å². The minimum Gasteiger partial charge on any atom is -0.477 e. The Labute approximate surface area is 95.3 Å². The summed E-state index contributed by atoms with van der Waals surface area (Å²) in [6.07, 6.45) is 2.71. The number of rotatable bonds is 3. The predicted octanol–water partition coefficient (Wildman–Crippen LogP) is 0.286. The number of nitrogens with zero attached hydrogens (tertiary/aromatic N) is 3. The summed E-state index contributed by atoms with van der Waals surface area (Å²) in [5.74, 6) is -0.409. The van der Waals surface area contributed by atoms with Gasteiger partial charge in [0.25, 0.3) is 0 Å². The lowest BCUT2D eigenvalue weighted by molar-refractivity contribution is 0.0694. The summed E-state index contributed by atoms with van der Waals surface area (Å²) in [6, 6.07) is 1.19. The van der Waals surface area contributed by atoms with E-state index < -0.39 is 11.4 Å². The molecule has 0 radical (unpaired) electrons. The Kier molecular flexibility index (Phi) is 2.73. The molecule has 7 heteroatoms. The fourth-order valence-electron chi connectivity index (χ4n) is 1.35. The Hall–Kier alpha value is -2.44. The topological polar surface area (TPSA) is 98.2 Å². The number of hydrogen-bond acceptors (Lipinski definition) is 5. The van der Waals surface area contributed by atoms with Gasteiger partial charge in [0, 0.05) is 18.5 Å². The van der Waals surface area contributed by atoms with Crippen LogP contribution in [0.2, 0.25) is 0 Å². The quantitative estimate of drug-likeness (QED) is 0.820. The molecule has 0 saturated carbocycles. The van der Waals surface area contributed by atoms with Crippen LogP contribution < -0.4 is 5.43 Å². The minimum absolute atomic E-state index is 0.224. The molecule has 0 fully saturated rings. The maximum absolute atomic E-state index is 11.2. The van der Waals surface area contributed by atoms with Crippen LogP contribution in [0.15, 0.2) is 27.8 Å². The second-order valence-corrected chi connectivity index (χ2v) is 3.44. The molecule has 0 bridgehead atoms. The fraction of sp³-hybridized carbons (Fsp3) is 0.200. The van der Waals surface area contributed by atoms with Gasteiger partial charge in [-0.3, -0.25) is 4.79 Å². The number of carbonyl (C=O) groups is 1. The van der Waals surface area contributed by atoms with Crippen LogP contribution in [0.25, 0.3) is 0 Å². The van der Waals surface area contributed by atoms with Gasteiger partial charge in [0.1, 0.15) is 12.1 Å². The number of hydrogen-bond donors (Lipinski definition) is 1. The summed E-state index contributed by atoms with van der Waals surface area (Å²) in [5, 5.41) is 12.4. The third-order valence-electron chi connectivity index (χ3n) is 2.10. The van der Waals surface area contributed by atoms with Gasteiger partial charge >= 0.3 is 5.97 Å². The van der Waals surface area contributed by atoms with Crippen LogP contribution >= 0.6 is 0 Å². The SMILES string of the molecule is Cc1noc(Cn2ccc(=O)c(C(=O)O)c2)n1. The van der Waals surface area contributed by atoms with E-state index in [4.69, 9.17) is 9.63 Å². The number of aromatic carboxylic acids is 1. The zero-order valence-corrected chi connectivity index (χ0v) is 8.95. The first-order chi connectivity index (χ1) is 8.06. The van der Waals surface area contributed by atoms with Crippen molar-refractivity contribution in [1.29, 1.82) is 0 Å². The van der Waals surface area contributed by atoms with Gasteiger partial charge in [-0.1, -0.05) is 5.16 Å². The van der Waals surface area contributed by atoms with E-state index in [1.807, 2.05) is 0 Å². The third kappa shape index (κ3) is 2.39. The molecule has 17 heavy (non-hydrogen) atoms. The molecule has 0 unspecified atom stereocenters. The average molecular weight is 235 g/mol. The minimum atomic E-state index is -1.26. The molecule has 0 aliphatic carbocycles. The lowest BCUT2D eigenvalue weighted by atomic mass is 10.3. The second kappa shape index (κ2) is 4.20. The van der Waals surface area contributed by atoms with Crippen LogP contribution in [0.4, 0.5) is 0 Å². The van der Waals surface area contributed by atoms with E-state index in [0.29, 0.717) is 11.7 Å². The predicted molar refractivity (Wildman–Crippen MR) is 55.8 cm³/mol. The van der Waals surface area contributed by atoms with Crippen molar-refractivity contribution in [3.05, 3.63) is 46.0 Å². The molecular weight excluding hydrogens is 226 g/mol. The monoisotopic (exact) mass is 235 g/mol. The number of carboxylic acid groups (broad SMARTS) is 1. The van der Waals surface area contributed by atoms with E-state index in [0.717, 1.165) is 0 Å². The highest BCUT2D eigenvalue weighted by Crippen LogP contribution is 2.00. The van der Waals surface area contributed by atoms with Crippen molar-refractivity contribution in [2.75, 3.05) is 0 Å². The normalized spacial score (nSPS) is 10.4. The van der Waals surface area contributed by atoms with E-state index in [1.165, 1.54) is 23.0 Å². The van der Waals surface area contributed by atoms with Crippen LogP contribution in [0.1, 0.15) is 22.1 Å². The van der Waals surface area contributed by atoms with Crippen molar-refractivity contribution >= 4 is 5.97 Å². The molecule has 0 aromatic carbocycles. The molecule has 2 rings (SSSR count). The van der Waals surface area contributed by atoms with Crippen molar-refractivity contribution in [2.45, 2.75) is 13.5 Å². The largest absolute Gasteiger partial charge is 0.477 e. The summed E-state index contributed by atoms with van der Waals surface area (Å²) in [7, 11) is 0. The highest BCUT2D eigenvalue weighted by Gasteiger charge is 2.09. The molecule has 2 aromatic rings. The van der Waals surface area contributed by atoms with Crippen LogP contribution in [0.3, 0.4) is 0 Å². The van der Waals surface area contributed by atoms with Crippen molar-refractivity contribution in [3.8, 4) is 0 Å². The Morgan fingerprint density at radius 1 is 1.59 bits per heavy atom. The molecule has 0 saturated heterocycles. The van der Waals surface area contributed by atoms with Crippen molar-refractivity contribution in [1.82, 2.24) is 14.7 Å². The zero-order valence-electron chi connectivity index (χ0n) is 8.95. The number of aromatic nitrogens is 3. The van der Waals surface area contributed by atoms with Crippen LogP contribution in [0, 0.1) is 6.92 Å². The molecule has 0 aliphatic heterocycles. The lowest BCUT2D eigenvalue weighted by Gasteiger charge is -2.03. The molecule has 1 N–H and O–H groups in total. The first-order valence-electron chi connectivity index (χ1n) is 4.79. The molecular formula is C10H9N3O4. The summed E-state index contributed by atoms with van der Waals surface area (Å²) in [6.45, 7) is 1.91. The third-order valence-corrected chi connectivity index (χ3v) is 2.10. The summed E-state index contributed by atoms with van der Waals surface area (Å²) < 4.78 is 6.39. The van der Waals surface area contributed by atoms with Crippen LogP contribution in [0.5, 0.6) is 0 Å². The molecule has 2 aromatic heterocycles. The molecule has 88 valence electrons. The summed E-state index contributed by atoms with van der Waals surface area (Å²) in [5.41, 5.74) is -0.820. The fourth-order valence-corrected chi connectivity index (χ4v) is 1.35. The Morgan fingerprint density at radius 3 is 2.94 bits per heavy atom. The number of aryl methyl sites for hydroxylation is 1. The summed E-state index contributed by atoms with van der Waals surface area (Å²) >= 11 is 0. The zero-order chi connectivity index (χ0) is 12.4. The molecule has 0 amide bonds. The summed E-state index contributed by atoms with van der Waals surface area (Å²) in [4.78, 5) is 26.0. The first kappa shape index (κ1) is 11.1. The van der Waals surface area contributed by atoms with Crippen LogP contribution in [-0.4, -0.2) is 25.8 Å². The Morgan fingerprint density at radius 2 is 2.35 bits per heavy atom. The standard InChI is InChI=1S/C10H9N3O4/c1-6-11-9(17-12-6)5-13-3-2-8(14)7(4-13)10(15)16/h2-4H,5H2,1H3,(H,15,16). The van der Waals surface area contributed by atoms with Crippen molar-refractivity contribution < 1.29 is 14.4 Å². The number of carboxylic acids is 1. The van der Waals surface area contributed by atoms with E-state index in [2.05, 4.69) is 10.1 Å². The van der Waals surface area contributed by atoms with Gasteiger partial charge in [0.15, 0.2) is 11.3 Å². The van der Waals surface area contributed by atoms with Crippen molar-refractivity contribution in [3.63, 3.8) is 0 Å². The number of pyridine rings is 1. The van der Waals surface area contributed by atoms with Gasteiger partial charge in [-0.2, -0.15) is 4.98 Å². The van der Waals surface area contributed by atoms with Gasteiger partial charge in [-0.15, -0.1) is 0 Å². The van der Waals surface area contributed by atoms with Gasteiger partial charge in [-0.05, 0) is 6.92 Å². The van der Waals surface area contributed by atoms with Gasteiger partial charge in [-0.25, -0.2) is 4.79 Å². The van der Waals surface area contributed by atoms with Gasteiger partial charge in [0.05, 0.1) is 0 Å². The smallest absolute Gasteiger partial charge is 0.341 e. The van der Waals surface area contributed by atoms with Crippen LogP contribution in [-0.2, 0) is 6.54 Å². The highest BCUT2D eigenvalue weighted by atomic mass is 16.5. The van der Waals surface area contributed by atoms with Crippen molar-refractivity contribution in [2.24, 2.45) is 0 Å². The van der Waals surface area contributed by atoms with E-state index in [9.17, 15) is 9.59 Å². The van der Waals surface area contributed by atoms with Gasteiger partial charge in [0.2, 0.25) is 5.89 Å². The molecule has 7 nitrogen and oxygen atoms in total. The van der Waals surface area contributed by atoms with E-state index in [1.54, 1.807) is 6.92 Å². The highest BCUT2D eigenvalue weighted by molar-refractivity contribution is 5.86. The maximum atomic E-state index is 11.2. The Bertz CT molecular complexity index is 614. The average Bonchev–Trinajstić information content (AvgIpc) is 2.66. The molecule has 2 heterocycles. The molecule has 0 atom stereocenters. The van der Waals surface area contributed by atoms with E-state index >= 15 is 0 Å².